The van der Waals surface area contributed by atoms with Crippen LogP contribution in [0.5, 0.6) is 0 Å². The molecule has 0 amide bonds. The Bertz CT molecular complexity index is 357. The van der Waals surface area contributed by atoms with Crippen molar-refractivity contribution < 1.29 is 13.2 Å². The first kappa shape index (κ1) is 11.9. The molecule has 1 heterocycles. The average Bonchev–Trinajstić information content (AvgIpc) is 2.92. The van der Waals surface area contributed by atoms with E-state index in [4.69, 9.17) is 0 Å². The molecular weight excluding hydrogens is 237 g/mol. The van der Waals surface area contributed by atoms with E-state index in [-0.39, 0.29) is 0 Å². The van der Waals surface area contributed by atoms with Crippen molar-refractivity contribution in [1.29, 1.82) is 0 Å². The number of aromatic nitrogens is 1. The zero-order valence-electron chi connectivity index (χ0n) is 8.84. The average molecular weight is 250 g/mol. The lowest BCUT2D eigenvalue weighted by Gasteiger charge is -2.10. The number of hydrogen-bond donors (Lipinski definition) is 1. The number of nitrogens with one attached hydrogen (secondary N) is 1. The molecule has 90 valence electrons. The largest absolute Gasteiger partial charge is 0.434 e. The highest BCUT2D eigenvalue weighted by Crippen LogP contribution is 2.33. The quantitative estimate of drug-likeness (QED) is 0.888. The van der Waals surface area contributed by atoms with Crippen LogP contribution in [0.3, 0.4) is 0 Å². The number of hydrogen-bond acceptors (Lipinski definition) is 3. The summed E-state index contributed by atoms with van der Waals surface area (Å²) in [6, 6.07) is 0.373. The first-order chi connectivity index (χ1) is 7.47. The molecule has 1 aromatic rings. The molecule has 1 atom stereocenters. The number of halogens is 3. The molecule has 16 heavy (non-hydrogen) atoms. The molecule has 1 aliphatic rings. The van der Waals surface area contributed by atoms with Gasteiger partial charge >= 0.3 is 6.18 Å². The molecule has 0 aliphatic heterocycles. The van der Waals surface area contributed by atoms with E-state index in [0.29, 0.717) is 23.5 Å². The summed E-state index contributed by atoms with van der Waals surface area (Å²) in [6.45, 7) is 2.49. The second-order valence-corrected chi connectivity index (χ2v) is 5.07. The van der Waals surface area contributed by atoms with Gasteiger partial charge in [0.1, 0.15) is 5.01 Å². The van der Waals surface area contributed by atoms with E-state index in [1.54, 1.807) is 0 Å². The zero-order chi connectivity index (χ0) is 11.8. The normalized spacial score (nSPS) is 18.8. The van der Waals surface area contributed by atoms with Crippen molar-refractivity contribution in [3.8, 4) is 0 Å². The van der Waals surface area contributed by atoms with E-state index < -0.39 is 11.9 Å². The number of thiazole rings is 1. The van der Waals surface area contributed by atoms with Crippen molar-refractivity contribution in [1.82, 2.24) is 10.3 Å². The molecule has 1 saturated carbocycles. The highest BCUT2D eigenvalue weighted by molar-refractivity contribution is 7.09. The lowest BCUT2D eigenvalue weighted by Crippen LogP contribution is -2.27. The van der Waals surface area contributed by atoms with Crippen LogP contribution in [0.2, 0.25) is 0 Å². The molecule has 1 N–H and O–H groups in total. The van der Waals surface area contributed by atoms with Crippen LogP contribution in [0.4, 0.5) is 13.2 Å². The van der Waals surface area contributed by atoms with Crippen molar-refractivity contribution in [3.63, 3.8) is 0 Å². The Morgan fingerprint density at radius 3 is 2.75 bits per heavy atom. The minimum absolute atomic E-state index is 0.373. The molecule has 2 nitrogen and oxygen atoms in total. The summed E-state index contributed by atoms with van der Waals surface area (Å²) >= 11 is 1.06. The second kappa shape index (κ2) is 4.33. The molecule has 0 saturated heterocycles. The Kier molecular flexibility index (Phi) is 3.21. The molecular formula is C10H13F3N2S. The lowest BCUT2D eigenvalue weighted by molar-refractivity contribution is -0.140. The van der Waals surface area contributed by atoms with E-state index in [9.17, 15) is 13.2 Å². The summed E-state index contributed by atoms with van der Waals surface area (Å²) in [5.41, 5.74) is -0.784. The van der Waals surface area contributed by atoms with Crippen LogP contribution in [0.15, 0.2) is 5.38 Å². The van der Waals surface area contributed by atoms with Crippen molar-refractivity contribution in [2.45, 2.75) is 38.5 Å². The lowest BCUT2D eigenvalue weighted by atomic mass is 10.2. The van der Waals surface area contributed by atoms with Gasteiger partial charge in [0.15, 0.2) is 5.69 Å². The smallest absolute Gasteiger partial charge is 0.308 e. The molecule has 0 bridgehead atoms. The van der Waals surface area contributed by atoms with Crippen molar-refractivity contribution in [2.24, 2.45) is 5.92 Å². The van der Waals surface area contributed by atoms with Gasteiger partial charge in [-0.1, -0.05) is 0 Å². The van der Waals surface area contributed by atoms with E-state index in [1.165, 1.54) is 12.8 Å². The highest BCUT2D eigenvalue weighted by Gasteiger charge is 2.33. The summed E-state index contributed by atoms with van der Waals surface area (Å²) in [7, 11) is 0. The van der Waals surface area contributed by atoms with Gasteiger partial charge in [0, 0.05) is 18.0 Å². The minimum atomic E-state index is -4.32. The van der Waals surface area contributed by atoms with Crippen molar-refractivity contribution >= 4 is 11.3 Å². The van der Waals surface area contributed by atoms with Gasteiger partial charge in [-0.15, -0.1) is 11.3 Å². The Labute approximate surface area is 95.9 Å². The molecule has 0 spiro atoms. The molecule has 2 rings (SSSR count). The van der Waals surface area contributed by atoms with E-state index in [2.05, 4.69) is 17.2 Å². The summed E-state index contributed by atoms with van der Waals surface area (Å²) in [6.07, 6.45) is -1.88. The maximum Gasteiger partial charge on any atom is 0.434 e. The Morgan fingerprint density at radius 1 is 1.56 bits per heavy atom. The van der Waals surface area contributed by atoms with Crippen LogP contribution in [-0.4, -0.2) is 11.0 Å². The summed E-state index contributed by atoms with van der Waals surface area (Å²) < 4.78 is 36.8. The van der Waals surface area contributed by atoms with E-state index in [1.807, 2.05) is 0 Å². The van der Waals surface area contributed by atoms with E-state index >= 15 is 0 Å². The van der Waals surface area contributed by atoms with Crippen molar-refractivity contribution in [3.05, 3.63) is 16.1 Å². The Morgan fingerprint density at radius 2 is 2.25 bits per heavy atom. The van der Waals surface area contributed by atoms with Crippen LogP contribution >= 0.6 is 11.3 Å². The molecule has 1 unspecified atom stereocenters. The topological polar surface area (TPSA) is 24.9 Å². The molecule has 1 aliphatic carbocycles. The highest BCUT2D eigenvalue weighted by atomic mass is 32.1. The maximum atomic E-state index is 12.3. The molecule has 1 fully saturated rings. The molecule has 6 heteroatoms. The zero-order valence-corrected chi connectivity index (χ0v) is 9.66. The van der Waals surface area contributed by atoms with Gasteiger partial charge in [-0.2, -0.15) is 13.2 Å². The number of alkyl halides is 3. The van der Waals surface area contributed by atoms with Gasteiger partial charge in [0.2, 0.25) is 0 Å². The third-order valence-electron chi connectivity index (χ3n) is 2.75. The van der Waals surface area contributed by atoms with Crippen LogP contribution in [0.1, 0.15) is 30.5 Å². The predicted molar refractivity (Wildman–Crippen MR) is 56.1 cm³/mol. The monoisotopic (exact) mass is 250 g/mol. The van der Waals surface area contributed by atoms with Crippen LogP contribution in [0, 0.1) is 5.92 Å². The standard InChI is InChI=1S/C10H13F3N2S/c1-6(7-2-3-7)14-4-9-15-8(5-16-9)10(11,12)13/h5-7,14H,2-4H2,1H3. The molecule has 1 aromatic heterocycles. The Balaban J connectivity index is 1.87. The van der Waals surface area contributed by atoms with Gasteiger partial charge in [-0.3, -0.25) is 0 Å². The van der Waals surface area contributed by atoms with Gasteiger partial charge in [0.05, 0.1) is 0 Å². The van der Waals surface area contributed by atoms with Crippen LogP contribution < -0.4 is 5.32 Å². The SMILES string of the molecule is CC(NCc1nc(C(F)(F)F)cs1)C1CC1. The Hall–Kier alpha value is -0.620. The molecule has 0 aromatic carbocycles. The van der Waals surface area contributed by atoms with Crippen LogP contribution in [0.25, 0.3) is 0 Å². The molecule has 0 radical (unpaired) electrons. The fraction of sp³-hybridized carbons (Fsp3) is 0.700. The van der Waals surface area contributed by atoms with Gasteiger partial charge in [0.25, 0.3) is 0 Å². The summed E-state index contributed by atoms with van der Waals surface area (Å²) in [4.78, 5) is 3.56. The first-order valence-corrected chi connectivity index (χ1v) is 6.10. The fourth-order valence-corrected chi connectivity index (χ4v) is 2.29. The van der Waals surface area contributed by atoms with Gasteiger partial charge in [-0.25, -0.2) is 4.98 Å². The number of rotatable bonds is 4. The number of nitrogens with zero attached hydrogens (tertiary/aromatic N) is 1. The van der Waals surface area contributed by atoms with E-state index in [0.717, 1.165) is 16.7 Å². The van der Waals surface area contributed by atoms with Gasteiger partial charge in [-0.05, 0) is 25.7 Å². The third-order valence-corrected chi connectivity index (χ3v) is 3.60. The first-order valence-electron chi connectivity index (χ1n) is 5.22. The second-order valence-electron chi connectivity index (χ2n) is 4.13. The van der Waals surface area contributed by atoms with Crippen molar-refractivity contribution in [2.75, 3.05) is 0 Å². The summed E-state index contributed by atoms with van der Waals surface area (Å²) in [5.74, 6) is 0.696. The third kappa shape index (κ3) is 2.95. The van der Waals surface area contributed by atoms with Crippen LogP contribution in [-0.2, 0) is 12.7 Å². The van der Waals surface area contributed by atoms with Gasteiger partial charge < -0.3 is 5.32 Å². The fourth-order valence-electron chi connectivity index (χ4n) is 1.53. The maximum absolute atomic E-state index is 12.3. The summed E-state index contributed by atoms with van der Waals surface area (Å²) in [5, 5.41) is 4.77. The minimum Gasteiger partial charge on any atom is -0.308 e. The predicted octanol–water partition coefficient (Wildman–Crippen LogP) is 3.05.